The molecular weight excluding hydrogens is 186 g/mol. The quantitative estimate of drug-likeness (QED) is 0.753. The van der Waals surface area contributed by atoms with Crippen molar-refractivity contribution < 1.29 is 4.42 Å². The van der Waals surface area contributed by atoms with Crippen molar-refractivity contribution in [2.75, 3.05) is 6.26 Å². The van der Waals surface area contributed by atoms with E-state index in [1.165, 1.54) is 11.8 Å². The van der Waals surface area contributed by atoms with Crippen LogP contribution in [0.5, 0.6) is 0 Å². The molecule has 0 saturated heterocycles. The number of aromatic nitrogens is 2. The van der Waals surface area contributed by atoms with Crippen molar-refractivity contribution >= 4 is 11.8 Å². The monoisotopic (exact) mass is 201 g/mol. The van der Waals surface area contributed by atoms with Gasteiger partial charge in [0.1, 0.15) is 0 Å². The molecule has 0 aromatic carbocycles. The first-order valence-electron chi connectivity index (χ1n) is 4.32. The van der Waals surface area contributed by atoms with Crippen molar-refractivity contribution in [2.45, 2.75) is 31.5 Å². The van der Waals surface area contributed by atoms with Gasteiger partial charge < -0.3 is 10.2 Å². The maximum Gasteiger partial charge on any atom is 0.276 e. The Labute approximate surface area is 82.3 Å². The molecule has 0 aliphatic rings. The molecule has 1 aromatic rings. The standard InChI is InChI=1S/C8H15N3OS/c1-4-5(2)6(9)7-10-11-8(12-7)13-3/h5-6H,4,9H2,1-3H3/t5-,6-/m0/s1. The van der Waals surface area contributed by atoms with Crippen LogP contribution >= 0.6 is 11.8 Å². The minimum Gasteiger partial charge on any atom is -0.414 e. The Hall–Kier alpha value is -0.550. The summed E-state index contributed by atoms with van der Waals surface area (Å²) in [6, 6.07) is -0.140. The van der Waals surface area contributed by atoms with E-state index < -0.39 is 0 Å². The number of nitrogens with two attached hydrogens (primary N) is 1. The molecule has 0 unspecified atom stereocenters. The maximum absolute atomic E-state index is 5.91. The van der Waals surface area contributed by atoms with Gasteiger partial charge in [-0.1, -0.05) is 32.0 Å². The van der Waals surface area contributed by atoms with E-state index in [-0.39, 0.29) is 6.04 Å². The minimum absolute atomic E-state index is 0.140. The number of thioether (sulfide) groups is 1. The van der Waals surface area contributed by atoms with E-state index in [1.54, 1.807) is 0 Å². The summed E-state index contributed by atoms with van der Waals surface area (Å²) in [5.74, 6) is 0.911. The summed E-state index contributed by atoms with van der Waals surface area (Å²) in [7, 11) is 0. The Bertz CT molecular complexity index is 264. The highest BCUT2D eigenvalue weighted by molar-refractivity contribution is 7.98. The van der Waals surface area contributed by atoms with Crippen LogP contribution in [0.3, 0.4) is 0 Å². The van der Waals surface area contributed by atoms with Gasteiger partial charge in [-0.15, -0.1) is 10.2 Å². The molecule has 1 rings (SSSR count). The second-order valence-corrected chi connectivity index (χ2v) is 3.78. The molecule has 2 N–H and O–H groups in total. The number of hydrogen-bond donors (Lipinski definition) is 1. The second kappa shape index (κ2) is 4.62. The molecule has 13 heavy (non-hydrogen) atoms. The molecule has 0 aliphatic carbocycles. The molecule has 2 atom stereocenters. The van der Waals surface area contributed by atoms with E-state index in [9.17, 15) is 0 Å². The van der Waals surface area contributed by atoms with Crippen LogP contribution in [0.2, 0.25) is 0 Å². The topological polar surface area (TPSA) is 64.9 Å². The summed E-state index contributed by atoms with van der Waals surface area (Å²) in [6.45, 7) is 4.17. The lowest BCUT2D eigenvalue weighted by Crippen LogP contribution is -2.18. The van der Waals surface area contributed by atoms with Gasteiger partial charge in [-0.3, -0.25) is 0 Å². The summed E-state index contributed by atoms with van der Waals surface area (Å²) in [5.41, 5.74) is 5.91. The average molecular weight is 201 g/mol. The normalized spacial score (nSPS) is 15.7. The zero-order valence-corrected chi connectivity index (χ0v) is 8.97. The van der Waals surface area contributed by atoms with Gasteiger partial charge in [-0.05, 0) is 12.2 Å². The lowest BCUT2D eigenvalue weighted by molar-refractivity contribution is 0.333. The molecule has 1 aromatic heterocycles. The molecule has 0 saturated carbocycles. The van der Waals surface area contributed by atoms with Crippen LogP contribution in [-0.2, 0) is 0 Å². The van der Waals surface area contributed by atoms with E-state index in [0.29, 0.717) is 17.0 Å². The van der Waals surface area contributed by atoms with Gasteiger partial charge in [0.25, 0.3) is 5.22 Å². The van der Waals surface area contributed by atoms with Gasteiger partial charge in [-0.25, -0.2) is 0 Å². The third-order valence-electron chi connectivity index (χ3n) is 2.14. The highest BCUT2D eigenvalue weighted by Crippen LogP contribution is 2.22. The first kappa shape index (κ1) is 10.5. The number of rotatable bonds is 4. The molecule has 0 fully saturated rings. The van der Waals surface area contributed by atoms with Crippen LogP contribution in [-0.4, -0.2) is 16.5 Å². The van der Waals surface area contributed by atoms with Gasteiger partial charge in [0.05, 0.1) is 6.04 Å². The van der Waals surface area contributed by atoms with E-state index in [2.05, 4.69) is 24.0 Å². The summed E-state index contributed by atoms with van der Waals surface area (Å²) < 4.78 is 5.33. The van der Waals surface area contributed by atoms with Crippen LogP contribution in [0.1, 0.15) is 32.2 Å². The Morgan fingerprint density at radius 1 is 1.54 bits per heavy atom. The molecule has 0 radical (unpaired) electrons. The van der Waals surface area contributed by atoms with Crippen molar-refractivity contribution in [3.63, 3.8) is 0 Å². The van der Waals surface area contributed by atoms with E-state index in [1.807, 2.05) is 6.26 Å². The van der Waals surface area contributed by atoms with Crippen molar-refractivity contribution in [3.05, 3.63) is 5.89 Å². The number of nitrogens with zero attached hydrogens (tertiary/aromatic N) is 2. The maximum atomic E-state index is 5.91. The lowest BCUT2D eigenvalue weighted by atomic mass is 10.0. The summed E-state index contributed by atoms with van der Waals surface area (Å²) >= 11 is 1.43. The minimum atomic E-state index is -0.140. The van der Waals surface area contributed by atoms with Crippen LogP contribution in [0.15, 0.2) is 9.64 Å². The molecule has 0 amide bonds. The third kappa shape index (κ3) is 2.45. The van der Waals surface area contributed by atoms with Gasteiger partial charge in [0.15, 0.2) is 0 Å². The van der Waals surface area contributed by atoms with E-state index in [4.69, 9.17) is 10.2 Å². The van der Waals surface area contributed by atoms with E-state index in [0.717, 1.165) is 6.42 Å². The summed E-state index contributed by atoms with van der Waals surface area (Å²) in [4.78, 5) is 0. The summed E-state index contributed by atoms with van der Waals surface area (Å²) in [5, 5.41) is 8.31. The van der Waals surface area contributed by atoms with Crippen molar-refractivity contribution in [2.24, 2.45) is 11.7 Å². The molecule has 74 valence electrons. The van der Waals surface area contributed by atoms with Gasteiger partial charge >= 0.3 is 0 Å². The van der Waals surface area contributed by atoms with Gasteiger partial charge in [0, 0.05) is 0 Å². The largest absolute Gasteiger partial charge is 0.414 e. The number of hydrogen-bond acceptors (Lipinski definition) is 5. The molecule has 1 heterocycles. The molecule has 4 nitrogen and oxygen atoms in total. The fraction of sp³-hybridized carbons (Fsp3) is 0.750. The average Bonchev–Trinajstić information content (AvgIpc) is 2.63. The van der Waals surface area contributed by atoms with Gasteiger partial charge in [0.2, 0.25) is 5.89 Å². The van der Waals surface area contributed by atoms with E-state index >= 15 is 0 Å². The third-order valence-corrected chi connectivity index (χ3v) is 2.65. The Kier molecular flexibility index (Phi) is 3.74. The Morgan fingerprint density at radius 3 is 2.69 bits per heavy atom. The highest BCUT2D eigenvalue weighted by atomic mass is 32.2. The molecule has 0 spiro atoms. The van der Waals surface area contributed by atoms with Crippen molar-refractivity contribution in [1.29, 1.82) is 0 Å². The molecule has 0 bridgehead atoms. The zero-order chi connectivity index (χ0) is 9.84. The Balaban J connectivity index is 2.70. The van der Waals surface area contributed by atoms with Gasteiger partial charge in [-0.2, -0.15) is 0 Å². The molecule has 5 heteroatoms. The fourth-order valence-electron chi connectivity index (χ4n) is 0.935. The first-order chi connectivity index (χ1) is 6.19. The van der Waals surface area contributed by atoms with Crippen LogP contribution in [0, 0.1) is 5.92 Å². The van der Waals surface area contributed by atoms with Crippen molar-refractivity contribution in [3.8, 4) is 0 Å². The predicted molar refractivity (Wildman–Crippen MR) is 52.5 cm³/mol. The lowest BCUT2D eigenvalue weighted by Gasteiger charge is -2.13. The zero-order valence-electron chi connectivity index (χ0n) is 8.15. The second-order valence-electron chi connectivity index (χ2n) is 3.02. The highest BCUT2D eigenvalue weighted by Gasteiger charge is 2.19. The van der Waals surface area contributed by atoms with Crippen LogP contribution in [0.4, 0.5) is 0 Å². The smallest absolute Gasteiger partial charge is 0.276 e. The predicted octanol–water partition coefficient (Wildman–Crippen LogP) is 1.84. The van der Waals surface area contributed by atoms with Crippen molar-refractivity contribution in [1.82, 2.24) is 10.2 Å². The SMILES string of the molecule is CC[C@H](C)[C@H](N)c1nnc(SC)o1. The first-order valence-corrected chi connectivity index (χ1v) is 5.54. The van der Waals surface area contributed by atoms with Crippen LogP contribution < -0.4 is 5.73 Å². The molecule has 0 aliphatic heterocycles. The fourth-order valence-corrected chi connectivity index (χ4v) is 1.23. The summed E-state index contributed by atoms with van der Waals surface area (Å²) in [6.07, 6.45) is 2.91. The van der Waals surface area contributed by atoms with Crippen LogP contribution in [0.25, 0.3) is 0 Å². The molecular formula is C8H15N3OS. The Morgan fingerprint density at radius 2 is 2.23 bits per heavy atom.